The monoisotopic (exact) mass is 345 g/mol. The van der Waals surface area contributed by atoms with Crippen LogP contribution in [0.1, 0.15) is 29.8 Å². The van der Waals surface area contributed by atoms with E-state index in [2.05, 4.69) is 10.6 Å². The molecule has 0 aromatic heterocycles. The second-order valence-corrected chi connectivity index (χ2v) is 5.68. The third kappa shape index (κ3) is 5.49. The van der Waals surface area contributed by atoms with Crippen LogP contribution in [-0.2, 0) is 6.54 Å². The summed E-state index contributed by atoms with van der Waals surface area (Å²) in [6.45, 7) is 4.15. The predicted molar refractivity (Wildman–Crippen MR) is 93.0 cm³/mol. The molecule has 0 saturated carbocycles. The number of primary amides is 1. The van der Waals surface area contributed by atoms with Gasteiger partial charge in [0.2, 0.25) is 0 Å². The lowest BCUT2D eigenvalue weighted by molar-refractivity contribution is 0.0996. The average Bonchev–Trinajstić information content (AvgIpc) is 2.54. The molecule has 0 aliphatic heterocycles. The Morgan fingerprint density at radius 1 is 1.20 bits per heavy atom. The van der Waals surface area contributed by atoms with Gasteiger partial charge in [-0.25, -0.2) is 9.18 Å². The molecule has 0 unspecified atom stereocenters. The minimum atomic E-state index is -0.900. The minimum absolute atomic E-state index is 0.0597. The summed E-state index contributed by atoms with van der Waals surface area (Å²) in [4.78, 5) is 23.1. The van der Waals surface area contributed by atoms with E-state index in [1.807, 2.05) is 38.1 Å². The molecule has 0 spiro atoms. The summed E-state index contributed by atoms with van der Waals surface area (Å²) < 4.78 is 19.0. The second-order valence-electron chi connectivity index (χ2n) is 5.68. The van der Waals surface area contributed by atoms with Gasteiger partial charge in [0.1, 0.15) is 11.6 Å². The van der Waals surface area contributed by atoms with Crippen molar-refractivity contribution >= 4 is 17.6 Å². The van der Waals surface area contributed by atoms with E-state index in [-0.39, 0.29) is 23.9 Å². The number of carbonyl (C=O) groups is 2. The SMILES string of the molecule is CC(C)Oc1cccc(CNC(=O)Nc2ccc(F)c(C(N)=O)c2)c1. The third-order valence-electron chi connectivity index (χ3n) is 3.21. The molecule has 25 heavy (non-hydrogen) atoms. The van der Waals surface area contributed by atoms with Crippen molar-refractivity contribution in [2.75, 3.05) is 5.32 Å². The lowest BCUT2D eigenvalue weighted by Crippen LogP contribution is -2.28. The summed E-state index contributed by atoms with van der Waals surface area (Å²) in [5, 5.41) is 5.20. The Kier molecular flexibility index (Phi) is 5.94. The third-order valence-corrected chi connectivity index (χ3v) is 3.21. The van der Waals surface area contributed by atoms with Gasteiger partial charge in [0.05, 0.1) is 11.7 Å². The van der Waals surface area contributed by atoms with Gasteiger partial charge in [0.25, 0.3) is 5.91 Å². The average molecular weight is 345 g/mol. The number of urea groups is 1. The molecule has 0 aliphatic rings. The quantitative estimate of drug-likeness (QED) is 0.751. The minimum Gasteiger partial charge on any atom is -0.491 e. The van der Waals surface area contributed by atoms with E-state index >= 15 is 0 Å². The first-order chi connectivity index (χ1) is 11.8. The number of hydrogen-bond acceptors (Lipinski definition) is 3. The van der Waals surface area contributed by atoms with Crippen molar-refractivity contribution in [1.82, 2.24) is 5.32 Å². The number of anilines is 1. The molecule has 2 aromatic carbocycles. The maximum Gasteiger partial charge on any atom is 0.319 e. The van der Waals surface area contributed by atoms with Gasteiger partial charge in [0.15, 0.2) is 0 Å². The lowest BCUT2D eigenvalue weighted by Gasteiger charge is -2.12. The fraction of sp³-hybridized carbons (Fsp3) is 0.222. The fourth-order valence-corrected chi connectivity index (χ4v) is 2.15. The maximum absolute atomic E-state index is 13.4. The van der Waals surface area contributed by atoms with E-state index in [9.17, 15) is 14.0 Å². The van der Waals surface area contributed by atoms with E-state index in [0.29, 0.717) is 0 Å². The largest absolute Gasteiger partial charge is 0.491 e. The molecule has 0 bridgehead atoms. The van der Waals surface area contributed by atoms with Crippen molar-refractivity contribution in [3.8, 4) is 5.75 Å². The zero-order valence-corrected chi connectivity index (χ0v) is 14.0. The van der Waals surface area contributed by atoms with E-state index in [1.165, 1.54) is 12.1 Å². The molecule has 0 atom stereocenters. The first kappa shape index (κ1) is 18.3. The molecular weight excluding hydrogens is 325 g/mol. The van der Waals surface area contributed by atoms with Crippen LogP contribution in [0.25, 0.3) is 0 Å². The van der Waals surface area contributed by atoms with Gasteiger partial charge < -0.3 is 21.1 Å². The maximum atomic E-state index is 13.4. The van der Waals surface area contributed by atoms with Gasteiger partial charge in [-0.05, 0) is 49.7 Å². The molecule has 6 nitrogen and oxygen atoms in total. The van der Waals surface area contributed by atoms with Crippen LogP contribution < -0.4 is 21.1 Å². The predicted octanol–water partition coefficient (Wildman–Crippen LogP) is 3.03. The lowest BCUT2D eigenvalue weighted by atomic mass is 10.2. The number of rotatable bonds is 6. The number of hydrogen-bond donors (Lipinski definition) is 3. The normalized spacial score (nSPS) is 10.4. The van der Waals surface area contributed by atoms with Crippen molar-refractivity contribution in [3.05, 3.63) is 59.4 Å². The van der Waals surface area contributed by atoms with Gasteiger partial charge in [0, 0.05) is 12.2 Å². The van der Waals surface area contributed by atoms with Crippen LogP contribution in [0, 0.1) is 5.82 Å². The Morgan fingerprint density at radius 3 is 2.64 bits per heavy atom. The van der Waals surface area contributed by atoms with Gasteiger partial charge in [-0.15, -0.1) is 0 Å². The van der Waals surface area contributed by atoms with Gasteiger partial charge in [-0.2, -0.15) is 0 Å². The topological polar surface area (TPSA) is 93.4 Å². The zero-order valence-electron chi connectivity index (χ0n) is 14.0. The van der Waals surface area contributed by atoms with Crippen LogP contribution >= 0.6 is 0 Å². The molecule has 4 N–H and O–H groups in total. The molecule has 2 aromatic rings. The van der Waals surface area contributed by atoms with Crippen LogP contribution in [-0.4, -0.2) is 18.0 Å². The number of benzene rings is 2. The van der Waals surface area contributed by atoms with Crippen LogP contribution in [0.2, 0.25) is 0 Å². The molecule has 0 fully saturated rings. The number of halogens is 1. The standard InChI is InChI=1S/C18H20FN3O3/c1-11(2)25-14-5-3-4-12(8-14)10-21-18(24)22-13-6-7-16(19)15(9-13)17(20)23/h3-9,11H,10H2,1-2H3,(H2,20,23)(H2,21,22,24). The van der Waals surface area contributed by atoms with Gasteiger partial charge in [-0.1, -0.05) is 12.1 Å². The Morgan fingerprint density at radius 2 is 1.96 bits per heavy atom. The van der Waals surface area contributed by atoms with Crippen LogP contribution in [0.3, 0.4) is 0 Å². The Balaban J connectivity index is 1.95. The van der Waals surface area contributed by atoms with Crippen LogP contribution in [0.15, 0.2) is 42.5 Å². The van der Waals surface area contributed by atoms with E-state index in [4.69, 9.17) is 10.5 Å². The Hall–Kier alpha value is -3.09. The van der Waals surface area contributed by atoms with Crippen molar-refractivity contribution in [2.24, 2.45) is 5.73 Å². The van der Waals surface area contributed by atoms with Crippen LogP contribution in [0.4, 0.5) is 14.9 Å². The molecule has 0 saturated heterocycles. The highest BCUT2D eigenvalue weighted by molar-refractivity contribution is 5.96. The summed E-state index contributed by atoms with van der Waals surface area (Å²) in [5.74, 6) is -0.914. The summed E-state index contributed by atoms with van der Waals surface area (Å²) in [7, 11) is 0. The fourth-order valence-electron chi connectivity index (χ4n) is 2.15. The molecule has 0 aliphatic carbocycles. The number of nitrogens with two attached hydrogens (primary N) is 1. The van der Waals surface area contributed by atoms with Crippen LogP contribution in [0.5, 0.6) is 5.75 Å². The number of ether oxygens (including phenoxy) is 1. The second kappa shape index (κ2) is 8.14. The number of amides is 3. The molecule has 7 heteroatoms. The van der Waals surface area contributed by atoms with Crippen molar-refractivity contribution < 1.29 is 18.7 Å². The molecule has 132 valence electrons. The van der Waals surface area contributed by atoms with E-state index in [1.54, 1.807) is 0 Å². The van der Waals surface area contributed by atoms with Gasteiger partial charge in [-0.3, -0.25) is 4.79 Å². The van der Waals surface area contributed by atoms with Crippen molar-refractivity contribution in [3.63, 3.8) is 0 Å². The summed E-state index contributed by atoms with van der Waals surface area (Å²) in [6.07, 6.45) is 0.0597. The molecule has 3 amide bonds. The Labute approximate surface area is 145 Å². The molecule has 0 heterocycles. The van der Waals surface area contributed by atoms with Crippen molar-refractivity contribution in [1.29, 1.82) is 0 Å². The summed E-state index contributed by atoms with van der Waals surface area (Å²) >= 11 is 0. The number of carbonyl (C=O) groups excluding carboxylic acids is 2. The van der Waals surface area contributed by atoms with E-state index < -0.39 is 17.8 Å². The highest BCUT2D eigenvalue weighted by Crippen LogP contribution is 2.16. The zero-order chi connectivity index (χ0) is 18.4. The first-order valence-corrected chi connectivity index (χ1v) is 7.75. The highest BCUT2D eigenvalue weighted by atomic mass is 19.1. The molecule has 2 rings (SSSR count). The smallest absolute Gasteiger partial charge is 0.319 e. The van der Waals surface area contributed by atoms with E-state index in [0.717, 1.165) is 17.4 Å². The summed E-state index contributed by atoms with van der Waals surface area (Å²) in [5.41, 5.74) is 5.93. The summed E-state index contributed by atoms with van der Waals surface area (Å²) in [6, 6.07) is 10.5. The highest BCUT2D eigenvalue weighted by Gasteiger charge is 2.10. The number of nitrogens with one attached hydrogen (secondary N) is 2. The van der Waals surface area contributed by atoms with Gasteiger partial charge >= 0.3 is 6.03 Å². The Bertz CT molecular complexity index is 778. The van der Waals surface area contributed by atoms with Crippen molar-refractivity contribution in [2.45, 2.75) is 26.5 Å². The molecule has 0 radical (unpaired) electrons. The molecular formula is C18H20FN3O3. The first-order valence-electron chi connectivity index (χ1n) is 7.75.